The van der Waals surface area contributed by atoms with Crippen LogP contribution in [0.5, 0.6) is 5.75 Å². The van der Waals surface area contributed by atoms with Gasteiger partial charge in [-0.2, -0.15) is 0 Å². The summed E-state index contributed by atoms with van der Waals surface area (Å²) in [6.07, 6.45) is 0.346. The maximum Gasteiger partial charge on any atom is 0.228 e. The van der Waals surface area contributed by atoms with Crippen molar-refractivity contribution >= 4 is 23.2 Å². The molecule has 138 valence electrons. The van der Waals surface area contributed by atoms with E-state index in [2.05, 4.69) is 4.98 Å². The van der Waals surface area contributed by atoms with Crippen molar-refractivity contribution in [2.45, 2.75) is 20.3 Å². The molecule has 3 rings (SSSR count). The van der Waals surface area contributed by atoms with Crippen molar-refractivity contribution in [3.05, 3.63) is 34.8 Å². The number of carbonyl (C=O) groups is 2. The van der Waals surface area contributed by atoms with Gasteiger partial charge in [0.1, 0.15) is 10.8 Å². The number of methoxy groups -OCH3 is 1. The molecule has 1 aromatic carbocycles. The van der Waals surface area contributed by atoms with Gasteiger partial charge in [-0.25, -0.2) is 4.98 Å². The predicted octanol–water partition coefficient (Wildman–Crippen LogP) is 2.36. The van der Waals surface area contributed by atoms with Crippen molar-refractivity contribution in [1.82, 2.24) is 14.8 Å². The number of hydrogen-bond donors (Lipinski definition) is 0. The second kappa shape index (κ2) is 7.86. The summed E-state index contributed by atoms with van der Waals surface area (Å²) in [5.41, 5.74) is 1.82. The highest BCUT2D eigenvalue weighted by Crippen LogP contribution is 2.34. The normalized spacial score (nSPS) is 14.4. The number of para-hydroxylation sites is 1. The van der Waals surface area contributed by atoms with E-state index in [9.17, 15) is 9.59 Å². The molecule has 0 spiro atoms. The number of aryl methyl sites for hydroxylation is 1. The number of piperazine rings is 1. The van der Waals surface area contributed by atoms with E-state index in [4.69, 9.17) is 4.74 Å². The van der Waals surface area contributed by atoms with Gasteiger partial charge in [-0.15, -0.1) is 11.3 Å². The molecule has 1 fully saturated rings. The van der Waals surface area contributed by atoms with Crippen LogP contribution in [0.1, 0.15) is 17.5 Å². The highest BCUT2D eigenvalue weighted by Gasteiger charge is 2.24. The van der Waals surface area contributed by atoms with Crippen LogP contribution in [0.15, 0.2) is 24.3 Å². The highest BCUT2D eigenvalue weighted by molar-refractivity contribution is 7.15. The molecule has 26 heavy (non-hydrogen) atoms. The van der Waals surface area contributed by atoms with Gasteiger partial charge in [0.2, 0.25) is 11.8 Å². The topological polar surface area (TPSA) is 62.7 Å². The van der Waals surface area contributed by atoms with Gasteiger partial charge in [-0.05, 0) is 19.1 Å². The second-order valence-electron chi connectivity index (χ2n) is 6.29. The molecule has 1 aromatic heterocycles. The fourth-order valence-corrected chi connectivity index (χ4v) is 4.13. The summed E-state index contributed by atoms with van der Waals surface area (Å²) in [5, 5.41) is 0.865. The van der Waals surface area contributed by atoms with Crippen LogP contribution in [0.3, 0.4) is 0 Å². The van der Waals surface area contributed by atoms with Crippen LogP contribution in [0.4, 0.5) is 0 Å². The minimum absolute atomic E-state index is 0.0665. The zero-order valence-electron chi connectivity index (χ0n) is 15.3. The molecule has 0 radical (unpaired) electrons. The van der Waals surface area contributed by atoms with Gasteiger partial charge in [0.05, 0.1) is 24.8 Å². The fraction of sp³-hybridized carbons (Fsp3) is 0.421. The molecule has 2 amide bonds. The minimum atomic E-state index is 0.0665. The van der Waals surface area contributed by atoms with E-state index >= 15 is 0 Å². The van der Waals surface area contributed by atoms with Crippen LogP contribution < -0.4 is 4.74 Å². The Morgan fingerprint density at radius 3 is 2.46 bits per heavy atom. The van der Waals surface area contributed by atoms with Crippen LogP contribution in [0.2, 0.25) is 0 Å². The molecule has 0 atom stereocenters. The Labute approximate surface area is 157 Å². The van der Waals surface area contributed by atoms with E-state index < -0.39 is 0 Å². The van der Waals surface area contributed by atoms with Gasteiger partial charge in [0.25, 0.3) is 0 Å². The van der Waals surface area contributed by atoms with Crippen molar-refractivity contribution in [3.8, 4) is 16.3 Å². The number of aromatic nitrogens is 1. The zero-order chi connectivity index (χ0) is 18.7. The molecule has 1 saturated heterocycles. The molecule has 0 N–H and O–H groups in total. The molecule has 2 aromatic rings. The Balaban J connectivity index is 1.70. The zero-order valence-corrected chi connectivity index (χ0v) is 16.1. The first-order chi connectivity index (χ1) is 12.5. The van der Waals surface area contributed by atoms with E-state index in [1.165, 1.54) is 11.3 Å². The number of benzene rings is 1. The summed E-state index contributed by atoms with van der Waals surface area (Å²) in [4.78, 5) is 33.3. The first-order valence-electron chi connectivity index (χ1n) is 8.62. The molecular weight excluding hydrogens is 350 g/mol. The van der Waals surface area contributed by atoms with Crippen LogP contribution in [-0.2, 0) is 16.0 Å². The minimum Gasteiger partial charge on any atom is -0.496 e. The average Bonchev–Trinajstić information content (AvgIpc) is 3.02. The molecule has 1 aliphatic rings. The maximum absolute atomic E-state index is 12.6. The van der Waals surface area contributed by atoms with E-state index in [1.54, 1.807) is 18.9 Å². The van der Waals surface area contributed by atoms with Crippen molar-refractivity contribution in [2.24, 2.45) is 0 Å². The quantitative estimate of drug-likeness (QED) is 0.825. The summed E-state index contributed by atoms with van der Waals surface area (Å²) < 4.78 is 5.41. The highest BCUT2D eigenvalue weighted by atomic mass is 32.1. The van der Waals surface area contributed by atoms with Crippen LogP contribution in [0, 0.1) is 6.92 Å². The molecule has 1 aliphatic heterocycles. The number of carbonyl (C=O) groups excluding carboxylic acids is 2. The first kappa shape index (κ1) is 18.4. The molecule has 6 nitrogen and oxygen atoms in total. The van der Waals surface area contributed by atoms with Gasteiger partial charge >= 0.3 is 0 Å². The lowest BCUT2D eigenvalue weighted by molar-refractivity contribution is -0.137. The van der Waals surface area contributed by atoms with Gasteiger partial charge in [0, 0.05) is 38.0 Å². The predicted molar refractivity (Wildman–Crippen MR) is 101 cm³/mol. The number of rotatable bonds is 4. The van der Waals surface area contributed by atoms with Crippen molar-refractivity contribution in [1.29, 1.82) is 0 Å². The summed E-state index contributed by atoms with van der Waals surface area (Å²) in [7, 11) is 1.64. The van der Waals surface area contributed by atoms with Crippen LogP contribution in [-0.4, -0.2) is 59.9 Å². The Hall–Kier alpha value is -2.41. The molecule has 7 heteroatoms. The number of thiazole rings is 1. The fourth-order valence-electron chi connectivity index (χ4n) is 3.05. The van der Waals surface area contributed by atoms with Crippen molar-refractivity contribution < 1.29 is 14.3 Å². The lowest BCUT2D eigenvalue weighted by Gasteiger charge is -2.34. The standard InChI is InChI=1S/C19H23N3O3S/c1-13-17(12-18(24)22-10-8-21(9-11-22)14(2)23)26-19(20-13)15-6-4-5-7-16(15)25-3/h4-7H,8-12H2,1-3H3. The third-order valence-electron chi connectivity index (χ3n) is 4.62. The Morgan fingerprint density at radius 1 is 1.15 bits per heavy atom. The molecule has 0 saturated carbocycles. The molecule has 0 unspecified atom stereocenters. The third-order valence-corrected chi connectivity index (χ3v) is 5.81. The molecule has 0 aliphatic carbocycles. The Morgan fingerprint density at radius 2 is 1.81 bits per heavy atom. The lowest BCUT2D eigenvalue weighted by atomic mass is 10.2. The lowest BCUT2D eigenvalue weighted by Crippen LogP contribution is -2.50. The molecule has 2 heterocycles. The number of ether oxygens (including phenoxy) is 1. The van der Waals surface area contributed by atoms with Gasteiger partial charge in [-0.3, -0.25) is 9.59 Å². The monoisotopic (exact) mass is 373 g/mol. The number of hydrogen-bond acceptors (Lipinski definition) is 5. The smallest absolute Gasteiger partial charge is 0.228 e. The van der Waals surface area contributed by atoms with Crippen LogP contribution >= 0.6 is 11.3 Å². The Kier molecular flexibility index (Phi) is 5.56. The summed E-state index contributed by atoms with van der Waals surface area (Å²) >= 11 is 1.54. The van der Waals surface area contributed by atoms with Gasteiger partial charge < -0.3 is 14.5 Å². The molecular formula is C19H23N3O3S. The Bertz CT molecular complexity index is 810. The summed E-state index contributed by atoms with van der Waals surface area (Å²) in [6.45, 7) is 5.90. The second-order valence-corrected chi connectivity index (χ2v) is 7.38. The van der Waals surface area contributed by atoms with E-state index in [0.717, 1.165) is 26.9 Å². The number of nitrogens with zero attached hydrogens (tertiary/aromatic N) is 3. The summed E-state index contributed by atoms with van der Waals surface area (Å²) in [5.74, 6) is 0.933. The summed E-state index contributed by atoms with van der Waals surface area (Å²) in [6, 6.07) is 7.76. The average molecular weight is 373 g/mol. The first-order valence-corrected chi connectivity index (χ1v) is 9.44. The van der Waals surface area contributed by atoms with E-state index in [0.29, 0.717) is 32.6 Å². The van der Waals surface area contributed by atoms with Crippen LogP contribution in [0.25, 0.3) is 10.6 Å². The largest absolute Gasteiger partial charge is 0.496 e. The van der Waals surface area contributed by atoms with Gasteiger partial charge in [0.15, 0.2) is 0 Å². The van der Waals surface area contributed by atoms with E-state index in [1.807, 2.05) is 36.1 Å². The van der Waals surface area contributed by atoms with Gasteiger partial charge in [-0.1, -0.05) is 12.1 Å². The van der Waals surface area contributed by atoms with Crippen molar-refractivity contribution in [3.63, 3.8) is 0 Å². The van der Waals surface area contributed by atoms with E-state index in [-0.39, 0.29) is 11.8 Å². The van der Waals surface area contributed by atoms with Crippen molar-refractivity contribution in [2.75, 3.05) is 33.3 Å². The maximum atomic E-state index is 12.6. The molecule has 0 bridgehead atoms. The number of amides is 2. The SMILES string of the molecule is COc1ccccc1-c1nc(C)c(CC(=O)N2CCN(C(C)=O)CC2)s1. The third kappa shape index (κ3) is 3.88.